The second-order valence-corrected chi connectivity index (χ2v) is 5.93. The Hall–Kier alpha value is -0.900. The van der Waals surface area contributed by atoms with E-state index in [2.05, 4.69) is 44.3 Å². The summed E-state index contributed by atoms with van der Waals surface area (Å²) in [7, 11) is 0. The number of nitrogens with one attached hydrogen (secondary N) is 1. The van der Waals surface area contributed by atoms with E-state index in [4.69, 9.17) is 10.5 Å². The Kier molecular flexibility index (Phi) is 4.61. The summed E-state index contributed by atoms with van der Waals surface area (Å²) in [5.74, 6) is 0. The van der Waals surface area contributed by atoms with Crippen LogP contribution in [0.5, 0.6) is 0 Å². The summed E-state index contributed by atoms with van der Waals surface area (Å²) < 4.78 is 5.82. The van der Waals surface area contributed by atoms with Gasteiger partial charge in [0.25, 0.3) is 0 Å². The Bertz CT molecular complexity index is 425. The highest BCUT2D eigenvalue weighted by atomic mass is 16.5. The van der Waals surface area contributed by atoms with Crippen molar-refractivity contribution in [2.75, 3.05) is 19.7 Å². The summed E-state index contributed by atoms with van der Waals surface area (Å²) in [6.07, 6.45) is 2.29. The van der Waals surface area contributed by atoms with E-state index in [1.807, 2.05) is 0 Å². The highest BCUT2D eigenvalue weighted by molar-refractivity contribution is 5.33. The first kappa shape index (κ1) is 14.5. The first-order chi connectivity index (χ1) is 9.04. The van der Waals surface area contributed by atoms with Gasteiger partial charge in [0.1, 0.15) is 0 Å². The second kappa shape index (κ2) is 6.04. The summed E-state index contributed by atoms with van der Waals surface area (Å²) in [5, 5.41) is 3.59. The molecule has 1 saturated heterocycles. The summed E-state index contributed by atoms with van der Waals surface area (Å²) in [6.45, 7) is 8.81. The van der Waals surface area contributed by atoms with Crippen molar-refractivity contribution in [3.05, 3.63) is 34.9 Å². The van der Waals surface area contributed by atoms with Crippen molar-refractivity contribution in [1.82, 2.24) is 5.32 Å². The lowest BCUT2D eigenvalue weighted by Gasteiger charge is -2.28. The lowest BCUT2D eigenvalue weighted by Crippen LogP contribution is -2.41. The van der Waals surface area contributed by atoms with E-state index in [1.165, 1.54) is 16.7 Å². The Balaban J connectivity index is 2.05. The number of benzene rings is 1. The van der Waals surface area contributed by atoms with Gasteiger partial charge in [-0.3, -0.25) is 0 Å². The van der Waals surface area contributed by atoms with Gasteiger partial charge in [-0.2, -0.15) is 0 Å². The van der Waals surface area contributed by atoms with Crippen LogP contribution in [0.4, 0.5) is 0 Å². The summed E-state index contributed by atoms with van der Waals surface area (Å²) in [4.78, 5) is 0. The molecular weight excluding hydrogens is 236 g/mol. The SMILES string of the molecule is Cc1ccc(C)c(C(CN)NCC2(C)CCCO2)c1. The van der Waals surface area contributed by atoms with Crippen LogP contribution in [0.2, 0.25) is 0 Å². The van der Waals surface area contributed by atoms with Crippen LogP contribution in [0, 0.1) is 13.8 Å². The molecule has 1 aromatic rings. The fourth-order valence-electron chi connectivity index (χ4n) is 2.77. The Morgan fingerprint density at radius 1 is 1.42 bits per heavy atom. The molecule has 1 aromatic carbocycles. The largest absolute Gasteiger partial charge is 0.374 e. The first-order valence-corrected chi connectivity index (χ1v) is 7.19. The predicted molar refractivity (Wildman–Crippen MR) is 79.3 cm³/mol. The third-order valence-electron chi connectivity index (χ3n) is 4.07. The number of hydrogen-bond donors (Lipinski definition) is 2. The second-order valence-electron chi connectivity index (χ2n) is 5.93. The van der Waals surface area contributed by atoms with Gasteiger partial charge in [0.05, 0.1) is 5.60 Å². The van der Waals surface area contributed by atoms with Crippen molar-refractivity contribution in [2.24, 2.45) is 5.73 Å². The van der Waals surface area contributed by atoms with Crippen LogP contribution in [0.25, 0.3) is 0 Å². The average molecular weight is 262 g/mol. The molecule has 0 amide bonds. The lowest BCUT2D eigenvalue weighted by molar-refractivity contribution is 0.0189. The van der Waals surface area contributed by atoms with E-state index < -0.39 is 0 Å². The average Bonchev–Trinajstić information content (AvgIpc) is 2.81. The molecule has 2 unspecified atom stereocenters. The van der Waals surface area contributed by atoms with E-state index in [-0.39, 0.29) is 11.6 Å². The van der Waals surface area contributed by atoms with E-state index in [9.17, 15) is 0 Å². The third kappa shape index (κ3) is 3.56. The van der Waals surface area contributed by atoms with Crippen molar-refractivity contribution >= 4 is 0 Å². The Morgan fingerprint density at radius 2 is 2.21 bits per heavy atom. The summed E-state index contributed by atoms with van der Waals surface area (Å²) in [6, 6.07) is 6.76. The van der Waals surface area contributed by atoms with Gasteiger partial charge >= 0.3 is 0 Å². The van der Waals surface area contributed by atoms with Gasteiger partial charge < -0.3 is 15.8 Å². The molecule has 19 heavy (non-hydrogen) atoms. The van der Waals surface area contributed by atoms with Crippen LogP contribution in [0.3, 0.4) is 0 Å². The van der Waals surface area contributed by atoms with Gasteiger partial charge in [-0.1, -0.05) is 23.8 Å². The van der Waals surface area contributed by atoms with Crippen molar-refractivity contribution in [2.45, 2.75) is 45.3 Å². The van der Waals surface area contributed by atoms with Crippen LogP contribution >= 0.6 is 0 Å². The summed E-state index contributed by atoms with van der Waals surface area (Å²) in [5.41, 5.74) is 9.81. The highest BCUT2D eigenvalue weighted by Gasteiger charge is 2.30. The van der Waals surface area contributed by atoms with Gasteiger partial charge in [-0.25, -0.2) is 0 Å². The van der Waals surface area contributed by atoms with Crippen LogP contribution in [-0.2, 0) is 4.74 Å². The first-order valence-electron chi connectivity index (χ1n) is 7.19. The molecule has 3 heteroatoms. The monoisotopic (exact) mass is 262 g/mol. The van der Waals surface area contributed by atoms with Gasteiger partial charge in [0.15, 0.2) is 0 Å². The quantitative estimate of drug-likeness (QED) is 0.857. The van der Waals surface area contributed by atoms with Crippen molar-refractivity contribution in [3.63, 3.8) is 0 Å². The van der Waals surface area contributed by atoms with E-state index >= 15 is 0 Å². The zero-order valence-corrected chi connectivity index (χ0v) is 12.3. The zero-order valence-electron chi connectivity index (χ0n) is 12.3. The molecule has 2 atom stereocenters. The van der Waals surface area contributed by atoms with E-state index in [0.717, 1.165) is 26.0 Å². The molecule has 106 valence electrons. The smallest absolute Gasteiger partial charge is 0.0779 e. The van der Waals surface area contributed by atoms with Crippen LogP contribution in [-0.4, -0.2) is 25.3 Å². The Labute approximate surface area is 116 Å². The topological polar surface area (TPSA) is 47.3 Å². The fraction of sp³-hybridized carbons (Fsp3) is 0.625. The molecule has 0 radical (unpaired) electrons. The standard InChI is InChI=1S/C16H26N2O/c1-12-5-6-13(2)14(9-12)15(10-17)18-11-16(3)7-4-8-19-16/h5-6,9,15,18H,4,7-8,10-11,17H2,1-3H3. The molecule has 1 fully saturated rings. The summed E-state index contributed by atoms with van der Waals surface area (Å²) >= 11 is 0. The molecule has 3 N–H and O–H groups in total. The molecular formula is C16H26N2O. The molecule has 0 spiro atoms. The maximum atomic E-state index is 5.95. The van der Waals surface area contributed by atoms with Crippen molar-refractivity contribution in [1.29, 1.82) is 0 Å². The fourth-order valence-corrected chi connectivity index (χ4v) is 2.77. The zero-order chi connectivity index (χ0) is 13.9. The molecule has 1 heterocycles. The van der Waals surface area contributed by atoms with Gasteiger partial charge in [0.2, 0.25) is 0 Å². The molecule has 1 aliphatic rings. The van der Waals surface area contributed by atoms with Crippen LogP contribution in [0.15, 0.2) is 18.2 Å². The maximum Gasteiger partial charge on any atom is 0.0779 e. The number of rotatable bonds is 5. The molecule has 0 aliphatic carbocycles. The molecule has 0 saturated carbocycles. The normalized spacial score (nSPS) is 24.6. The molecule has 2 rings (SSSR count). The highest BCUT2D eigenvalue weighted by Crippen LogP contribution is 2.26. The minimum atomic E-state index is -0.0227. The number of aryl methyl sites for hydroxylation is 2. The van der Waals surface area contributed by atoms with Crippen molar-refractivity contribution < 1.29 is 4.74 Å². The number of hydrogen-bond acceptors (Lipinski definition) is 3. The number of ether oxygens (including phenoxy) is 1. The predicted octanol–water partition coefficient (Wildman–Crippen LogP) is 2.46. The molecule has 1 aliphatic heterocycles. The van der Waals surface area contributed by atoms with Gasteiger partial charge in [-0.15, -0.1) is 0 Å². The van der Waals surface area contributed by atoms with Crippen LogP contribution in [0.1, 0.15) is 42.5 Å². The lowest BCUT2D eigenvalue weighted by atomic mass is 9.97. The van der Waals surface area contributed by atoms with Gasteiger partial charge in [-0.05, 0) is 44.7 Å². The minimum absolute atomic E-state index is 0.0227. The Morgan fingerprint density at radius 3 is 2.84 bits per heavy atom. The van der Waals surface area contributed by atoms with E-state index in [1.54, 1.807) is 0 Å². The van der Waals surface area contributed by atoms with E-state index in [0.29, 0.717) is 6.54 Å². The molecule has 3 nitrogen and oxygen atoms in total. The van der Waals surface area contributed by atoms with Gasteiger partial charge in [0, 0.05) is 25.7 Å². The third-order valence-corrected chi connectivity index (χ3v) is 4.07. The number of nitrogens with two attached hydrogens (primary N) is 1. The van der Waals surface area contributed by atoms with Crippen molar-refractivity contribution in [3.8, 4) is 0 Å². The maximum absolute atomic E-state index is 5.95. The minimum Gasteiger partial charge on any atom is -0.374 e. The van der Waals surface area contributed by atoms with Crippen LogP contribution < -0.4 is 11.1 Å². The molecule has 0 aromatic heterocycles. The molecule has 0 bridgehead atoms.